The highest BCUT2D eigenvalue weighted by atomic mass is 16.3. The highest BCUT2D eigenvalue weighted by Crippen LogP contribution is 1.86. The Hall–Kier alpha value is -0.940. The minimum absolute atomic E-state index is 0.117. The van der Waals surface area contributed by atoms with Gasteiger partial charge >= 0.3 is 0 Å². The van der Waals surface area contributed by atoms with Gasteiger partial charge in [-0.3, -0.25) is 9.79 Å². The number of carbonyl (C=O) groups excluding carboxylic acids is 1. The van der Waals surface area contributed by atoms with Gasteiger partial charge in [-0.2, -0.15) is 0 Å². The molecule has 0 saturated heterocycles. The average molecular weight is 188 g/mol. The zero-order valence-electron chi connectivity index (χ0n) is 7.73. The Morgan fingerprint density at radius 3 is 2.92 bits per heavy atom. The summed E-state index contributed by atoms with van der Waals surface area (Å²) in [6.45, 7) is 1.94. The molecule has 76 valence electrons. The van der Waals surface area contributed by atoms with E-state index in [0.717, 1.165) is 0 Å². The van der Waals surface area contributed by atoms with Crippen LogP contribution in [-0.4, -0.2) is 48.1 Å². The summed E-state index contributed by atoms with van der Waals surface area (Å²) in [5.41, 5.74) is 0. The molecule has 0 radical (unpaired) electrons. The summed E-state index contributed by atoms with van der Waals surface area (Å²) >= 11 is 0. The Kier molecular flexibility index (Phi) is 7.14. The quantitative estimate of drug-likeness (QED) is 0.464. The summed E-state index contributed by atoms with van der Waals surface area (Å²) in [4.78, 5) is 14.6. The van der Waals surface area contributed by atoms with Crippen LogP contribution in [0.15, 0.2) is 4.99 Å². The van der Waals surface area contributed by atoms with Crippen LogP contribution in [-0.2, 0) is 4.79 Å². The summed E-state index contributed by atoms with van der Waals surface area (Å²) in [6, 6.07) is 0. The second kappa shape index (κ2) is 7.70. The first-order valence-electron chi connectivity index (χ1n) is 4.20. The zero-order valence-corrected chi connectivity index (χ0v) is 7.73. The molecule has 0 spiro atoms. The molecule has 3 N–H and O–H groups in total. The van der Waals surface area contributed by atoms with E-state index in [4.69, 9.17) is 10.2 Å². The lowest BCUT2D eigenvalue weighted by Crippen LogP contribution is -2.29. The first-order valence-corrected chi connectivity index (χ1v) is 4.20. The fourth-order valence-corrected chi connectivity index (χ4v) is 0.700. The number of hydrogen-bond acceptors (Lipinski definition) is 4. The minimum atomic E-state index is -0.755. The molecule has 0 heterocycles. The molecule has 0 aromatic carbocycles. The van der Waals surface area contributed by atoms with Gasteiger partial charge in [-0.15, -0.1) is 0 Å². The number of nitrogens with zero attached hydrogens (tertiary/aromatic N) is 1. The number of amides is 1. The second-order valence-electron chi connectivity index (χ2n) is 2.57. The maximum absolute atomic E-state index is 10.9. The van der Waals surface area contributed by atoms with Gasteiger partial charge in [0.05, 0.1) is 12.7 Å². The molecule has 0 rings (SSSR count). The Bertz CT molecular complexity index is 171. The van der Waals surface area contributed by atoms with Crippen LogP contribution in [0.4, 0.5) is 0 Å². The first kappa shape index (κ1) is 12.1. The van der Waals surface area contributed by atoms with Crippen LogP contribution in [0, 0.1) is 0 Å². The zero-order chi connectivity index (χ0) is 10.1. The number of nitrogens with one attached hydrogen (secondary N) is 1. The SMILES string of the molecule is CC=NCC(=O)NCCC(O)CO. The van der Waals surface area contributed by atoms with E-state index >= 15 is 0 Å². The molecule has 0 aliphatic heterocycles. The lowest BCUT2D eigenvalue weighted by Gasteiger charge is -2.06. The number of hydrogen-bond donors (Lipinski definition) is 3. The first-order chi connectivity index (χ1) is 6.20. The molecule has 0 aliphatic carbocycles. The van der Waals surface area contributed by atoms with Gasteiger partial charge in [-0.25, -0.2) is 0 Å². The molecular weight excluding hydrogens is 172 g/mol. The van der Waals surface area contributed by atoms with Gasteiger partial charge in [-0.1, -0.05) is 0 Å². The van der Waals surface area contributed by atoms with Crippen molar-refractivity contribution in [3.8, 4) is 0 Å². The number of rotatable bonds is 6. The third kappa shape index (κ3) is 7.42. The van der Waals surface area contributed by atoms with Crippen molar-refractivity contribution >= 4 is 12.1 Å². The molecule has 1 amide bonds. The van der Waals surface area contributed by atoms with E-state index < -0.39 is 6.10 Å². The molecule has 5 nitrogen and oxygen atoms in total. The third-order valence-electron chi connectivity index (χ3n) is 1.43. The average Bonchev–Trinajstić information content (AvgIpc) is 2.14. The van der Waals surface area contributed by atoms with Crippen LogP contribution >= 0.6 is 0 Å². The van der Waals surface area contributed by atoms with Crippen LogP contribution in [0.2, 0.25) is 0 Å². The van der Waals surface area contributed by atoms with Gasteiger partial charge in [0.2, 0.25) is 5.91 Å². The van der Waals surface area contributed by atoms with Crippen LogP contribution in [0.1, 0.15) is 13.3 Å². The Labute approximate surface area is 77.5 Å². The topological polar surface area (TPSA) is 81.9 Å². The molecule has 0 saturated carbocycles. The van der Waals surface area contributed by atoms with Gasteiger partial charge < -0.3 is 15.5 Å². The fraction of sp³-hybridized carbons (Fsp3) is 0.750. The highest BCUT2D eigenvalue weighted by molar-refractivity contribution is 5.79. The maximum atomic E-state index is 10.9. The lowest BCUT2D eigenvalue weighted by atomic mass is 10.3. The van der Waals surface area contributed by atoms with Crippen LogP contribution in [0.25, 0.3) is 0 Å². The van der Waals surface area contributed by atoms with E-state index in [1.165, 1.54) is 0 Å². The summed E-state index contributed by atoms with van der Waals surface area (Å²) in [6.07, 6.45) is 1.16. The number of aliphatic hydroxyl groups excluding tert-OH is 2. The van der Waals surface area contributed by atoms with Gasteiger partial charge in [0, 0.05) is 6.54 Å². The van der Waals surface area contributed by atoms with E-state index in [0.29, 0.717) is 13.0 Å². The van der Waals surface area contributed by atoms with Crippen molar-refractivity contribution in [3.63, 3.8) is 0 Å². The summed E-state index contributed by atoms with van der Waals surface area (Å²) in [5.74, 6) is -0.178. The molecule has 5 heteroatoms. The molecular formula is C8H16N2O3. The monoisotopic (exact) mass is 188 g/mol. The summed E-state index contributed by atoms with van der Waals surface area (Å²) in [5, 5.41) is 19.9. The molecule has 1 atom stereocenters. The van der Waals surface area contributed by atoms with E-state index in [-0.39, 0.29) is 19.1 Å². The Morgan fingerprint density at radius 1 is 1.69 bits per heavy atom. The fourth-order valence-electron chi connectivity index (χ4n) is 0.700. The smallest absolute Gasteiger partial charge is 0.241 e. The molecule has 0 aliphatic rings. The van der Waals surface area contributed by atoms with Crippen molar-refractivity contribution < 1.29 is 15.0 Å². The van der Waals surface area contributed by atoms with Crippen LogP contribution in [0.5, 0.6) is 0 Å². The molecule has 0 bridgehead atoms. The van der Waals surface area contributed by atoms with E-state index in [2.05, 4.69) is 10.3 Å². The van der Waals surface area contributed by atoms with E-state index in [1.54, 1.807) is 13.1 Å². The Balaban J connectivity index is 3.36. The van der Waals surface area contributed by atoms with Crippen molar-refractivity contribution in [2.45, 2.75) is 19.4 Å². The van der Waals surface area contributed by atoms with Gasteiger partial charge in [-0.05, 0) is 19.6 Å². The molecule has 0 aromatic rings. The Morgan fingerprint density at radius 2 is 2.38 bits per heavy atom. The predicted molar refractivity (Wildman–Crippen MR) is 49.8 cm³/mol. The number of carbonyl (C=O) groups is 1. The maximum Gasteiger partial charge on any atom is 0.241 e. The van der Waals surface area contributed by atoms with Crippen LogP contribution in [0.3, 0.4) is 0 Å². The predicted octanol–water partition coefficient (Wildman–Crippen LogP) is -1.06. The van der Waals surface area contributed by atoms with E-state index in [1.807, 2.05) is 0 Å². The van der Waals surface area contributed by atoms with Crippen molar-refractivity contribution in [2.75, 3.05) is 19.7 Å². The standard InChI is InChI=1S/C8H16N2O3/c1-2-9-5-8(13)10-4-3-7(12)6-11/h2,7,11-12H,3-6H2,1H3,(H,10,13). The highest BCUT2D eigenvalue weighted by Gasteiger charge is 2.02. The molecule has 13 heavy (non-hydrogen) atoms. The third-order valence-corrected chi connectivity index (χ3v) is 1.43. The van der Waals surface area contributed by atoms with Crippen LogP contribution < -0.4 is 5.32 Å². The summed E-state index contributed by atoms with van der Waals surface area (Å²) < 4.78 is 0. The van der Waals surface area contributed by atoms with E-state index in [9.17, 15) is 4.79 Å². The van der Waals surface area contributed by atoms with Gasteiger partial charge in [0.15, 0.2) is 0 Å². The van der Waals surface area contributed by atoms with Gasteiger partial charge in [0.1, 0.15) is 6.54 Å². The second-order valence-corrected chi connectivity index (χ2v) is 2.57. The molecule has 1 unspecified atom stereocenters. The molecule has 0 fully saturated rings. The number of aliphatic imine (C=N–C) groups is 1. The van der Waals surface area contributed by atoms with Crippen molar-refractivity contribution in [1.29, 1.82) is 0 Å². The molecule has 0 aromatic heterocycles. The number of aliphatic hydroxyl groups is 2. The lowest BCUT2D eigenvalue weighted by molar-refractivity contribution is -0.119. The minimum Gasteiger partial charge on any atom is -0.394 e. The largest absolute Gasteiger partial charge is 0.394 e. The normalized spacial score (nSPS) is 13.2. The van der Waals surface area contributed by atoms with Crippen molar-refractivity contribution in [1.82, 2.24) is 5.32 Å². The van der Waals surface area contributed by atoms with Crippen molar-refractivity contribution in [3.05, 3.63) is 0 Å². The van der Waals surface area contributed by atoms with Gasteiger partial charge in [0.25, 0.3) is 0 Å². The summed E-state index contributed by atoms with van der Waals surface area (Å²) in [7, 11) is 0. The van der Waals surface area contributed by atoms with Crippen molar-refractivity contribution in [2.24, 2.45) is 4.99 Å².